The summed E-state index contributed by atoms with van der Waals surface area (Å²) in [6.45, 7) is 5.17. The van der Waals surface area contributed by atoms with E-state index in [2.05, 4.69) is 10.2 Å². The lowest BCUT2D eigenvalue weighted by Crippen LogP contribution is -2.36. The SMILES string of the molecule is Cc1c(CN(C)C)c(O)n(C2CCP(C)(=O)CC2)c(=O)c1N=Nc1cccc(C2CCN(CC(=O)O)CC2)c1O. The van der Waals surface area contributed by atoms with Gasteiger partial charge in [-0.25, -0.2) is 0 Å². The van der Waals surface area contributed by atoms with E-state index in [0.717, 1.165) is 5.56 Å². The third-order valence-corrected chi connectivity index (χ3v) is 10.5. The summed E-state index contributed by atoms with van der Waals surface area (Å²) < 4.78 is 14.0. The van der Waals surface area contributed by atoms with Crippen LogP contribution in [0.4, 0.5) is 11.4 Å². The molecule has 0 radical (unpaired) electrons. The van der Waals surface area contributed by atoms with Crippen LogP contribution in [0.1, 0.15) is 54.3 Å². The lowest BCUT2D eigenvalue weighted by molar-refractivity contribution is -0.138. The molecule has 3 heterocycles. The number of hydrogen-bond donors (Lipinski definition) is 3. The number of likely N-dealkylation sites (tertiary alicyclic amines) is 1. The van der Waals surface area contributed by atoms with Gasteiger partial charge in [0.15, 0.2) is 11.6 Å². The van der Waals surface area contributed by atoms with Gasteiger partial charge in [0.05, 0.1) is 13.7 Å². The topological polar surface area (TPSA) is 148 Å². The van der Waals surface area contributed by atoms with E-state index in [1.54, 1.807) is 25.7 Å². The second kappa shape index (κ2) is 12.2. The molecule has 0 atom stereocenters. The molecule has 1 aromatic heterocycles. The lowest BCUT2D eigenvalue weighted by Gasteiger charge is -2.31. The quantitative estimate of drug-likeness (QED) is 0.306. The largest absolute Gasteiger partial charge is 0.505 e. The van der Waals surface area contributed by atoms with Crippen molar-refractivity contribution >= 4 is 24.5 Å². The van der Waals surface area contributed by atoms with Gasteiger partial charge >= 0.3 is 5.97 Å². The molecule has 2 fully saturated rings. The van der Waals surface area contributed by atoms with Crippen LogP contribution in [-0.4, -0.2) is 88.4 Å². The Bertz CT molecular complexity index is 1380. The summed E-state index contributed by atoms with van der Waals surface area (Å²) in [6, 6.07) is 4.98. The van der Waals surface area contributed by atoms with Crippen LogP contribution >= 0.6 is 7.14 Å². The Morgan fingerprint density at radius 2 is 1.75 bits per heavy atom. The van der Waals surface area contributed by atoms with Crippen molar-refractivity contribution in [1.82, 2.24) is 14.4 Å². The lowest BCUT2D eigenvalue weighted by atomic mass is 9.88. The normalized spacial score (nSPS) is 22.8. The third-order valence-electron chi connectivity index (χ3n) is 8.13. The monoisotopic (exact) mass is 573 g/mol. The Labute approximate surface area is 234 Å². The van der Waals surface area contributed by atoms with Crippen molar-refractivity contribution in [2.45, 2.75) is 51.1 Å². The van der Waals surface area contributed by atoms with E-state index in [9.17, 15) is 24.4 Å². The first-order valence-electron chi connectivity index (χ1n) is 13.7. The maximum atomic E-state index is 13.7. The highest BCUT2D eigenvalue weighted by atomic mass is 31.2. The predicted molar refractivity (Wildman–Crippen MR) is 154 cm³/mol. The summed E-state index contributed by atoms with van der Waals surface area (Å²) in [5.41, 5.74) is 1.71. The van der Waals surface area contributed by atoms with E-state index in [1.165, 1.54) is 4.57 Å². The average Bonchev–Trinajstić information content (AvgIpc) is 2.88. The van der Waals surface area contributed by atoms with Gasteiger partial charge in [0, 0.05) is 30.5 Å². The van der Waals surface area contributed by atoms with Gasteiger partial charge in [-0.1, -0.05) is 12.1 Å². The van der Waals surface area contributed by atoms with Crippen LogP contribution in [0.3, 0.4) is 0 Å². The highest BCUT2D eigenvalue weighted by molar-refractivity contribution is 7.63. The van der Waals surface area contributed by atoms with Gasteiger partial charge in [-0.05, 0) is 89.6 Å². The van der Waals surface area contributed by atoms with Crippen molar-refractivity contribution < 1.29 is 24.7 Å². The number of carboxylic acids is 1. The summed E-state index contributed by atoms with van der Waals surface area (Å²) in [6.07, 6.45) is 3.54. The van der Waals surface area contributed by atoms with E-state index in [1.807, 2.05) is 30.0 Å². The summed E-state index contributed by atoms with van der Waals surface area (Å²) >= 11 is 0. The number of rotatable bonds is 8. The number of phenols is 1. The molecule has 0 unspecified atom stereocenters. The molecule has 4 rings (SSSR count). The number of pyridine rings is 1. The molecule has 2 saturated heterocycles. The second-order valence-electron chi connectivity index (χ2n) is 11.5. The smallest absolute Gasteiger partial charge is 0.317 e. The van der Waals surface area contributed by atoms with Gasteiger partial charge < -0.3 is 24.8 Å². The fraction of sp³-hybridized carbons (Fsp3) is 0.571. The van der Waals surface area contributed by atoms with Crippen LogP contribution in [0.2, 0.25) is 0 Å². The number of nitrogens with zero attached hydrogens (tertiary/aromatic N) is 5. The van der Waals surface area contributed by atoms with Gasteiger partial charge in [0.1, 0.15) is 11.4 Å². The Kier molecular flexibility index (Phi) is 9.17. The molecule has 2 aliphatic rings. The molecule has 40 heavy (non-hydrogen) atoms. The van der Waals surface area contributed by atoms with Crippen molar-refractivity contribution in [2.75, 3.05) is 52.7 Å². The maximum Gasteiger partial charge on any atom is 0.317 e. The number of hydrogen-bond acceptors (Lipinski definition) is 9. The van der Waals surface area contributed by atoms with Crippen molar-refractivity contribution in [1.29, 1.82) is 0 Å². The average molecular weight is 574 g/mol. The molecule has 1 aromatic carbocycles. The molecular weight excluding hydrogens is 533 g/mol. The van der Waals surface area contributed by atoms with Crippen LogP contribution in [0.25, 0.3) is 0 Å². The minimum Gasteiger partial charge on any atom is -0.505 e. The zero-order chi connectivity index (χ0) is 29.2. The van der Waals surface area contributed by atoms with E-state index < -0.39 is 18.7 Å². The number of para-hydroxylation sites is 1. The zero-order valence-corrected chi connectivity index (χ0v) is 24.6. The molecule has 0 spiro atoms. The van der Waals surface area contributed by atoms with E-state index in [-0.39, 0.29) is 41.5 Å². The summed E-state index contributed by atoms with van der Waals surface area (Å²) in [4.78, 5) is 28.5. The van der Waals surface area contributed by atoms with Gasteiger partial charge in [-0.3, -0.25) is 19.1 Å². The van der Waals surface area contributed by atoms with Crippen molar-refractivity contribution in [3.8, 4) is 11.6 Å². The Morgan fingerprint density at radius 1 is 1.10 bits per heavy atom. The molecule has 218 valence electrons. The fourth-order valence-corrected chi connectivity index (χ4v) is 7.72. The van der Waals surface area contributed by atoms with Crippen LogP contribution in [-0.2, 0) is 15.9 Å². The number of aromatic hydroxyl groups is 2. The standard InChI is InChI=1S/C28H40N5O6P/c1-18-22(16-31(2)3)27(37)33(20-10-14-40(4,39)15-11-20)28(38)25(18)30-29-23-7-5-6-21(26(23)36)19-8-12-32(13-9-19)17-24(34)35/h5-7,19-20,36-37H,8-17H2,1-4H3,(H,34,35). The van der Waals surface area contributed by atoms with Crippen molar-refractivity contribution in [3.63, 3.8) is 0 Å². The first-order chi connectivity index (χ1) is 18.9. The van der Waals surface area contributed by atoms with Crippen LogP contribution in [0.15, 0.2) is 33.2 Å². The number of benzene rings is 1. The molecule has 2 aromatic rings. The molecule has 0 amide bonds. The van der Waals surface area contributed by atoms with Crippen molar-refractivity contribution in [3.05, 3.63) is 45.2 Å². The number of aromatic nitrogens is 1. The Morgan fingerprint density at radius 3 is 2.35 bits per heavy atom. The first kappa shape index (κ1) is 30.0. The van der Waals surface area contributed by atoms with E-state index in [4.69, 9.17) is 5.11 Å². The highest BCUT2D eigenvalue weighted by Gasteiger charge is 2.31. The van der Waals surface area contributed by atoms with Crippen LogP contribution in [0, 0.1) is 6.92 Å². The minimum absolute atomic E-state index is 0.000754. The van der Waals surface area contributed by atoms with Gasteiger partial charge in [-0.2, -0.15) is 0 Å². The van der Waals surface area contributed by atoms with Crippen LogP contribution in [0.5, 0.6) is 11.6 Å². The Hall–Kier alpha value is -3.01. The van der Waals surface area contributed by atoms with Gasteiger partial charge in [0.25, 0.3) is 5.56 Å². The molecule has 0 aliphatic carbocycles. The van der Waals surface area contributed by atoms with Crippen LogP contribution < -0.4 is 5.56 Å². The summed E-state index contributed by atoms with van der Waals surface area (Å²) in [5, 5.41) is 40.0. The third kappa shape index (κ3) is 6.65. The molecule has 2 aliphatic heterocycles. The van der Waals surface area contributed by atoms with Gasteiger partial charge in [0.2, 0.25) is 0 Å². The first-order valence-corrected chi connectivity index (χ1v) is 16.3. The highest BCUT2D eigenvalue weighted by Crippen LogP contribution is 2.50. The number of carbonyl (C=O) groups is 1. The number of piperidine rings is 1. The summed E-state index contributed by atoms with van der Waals surface area (Å²) in [7, 11) is 1.53. The number of carboxylic acid groups (broad SMARTS) is 1. The fourth-order valence-electron chi connectivity index (χ4n) is 5.80. The van der Waals surface area contributed by atoms with E-state index >= 15 is 0 Å². The molecule has 12 heteroatoms. The molecule has 0 bridgehead atoms. The molecular formula is C28H40N5O6P. The number of phenolic OH excluding ortho intramolecular Hbond substituents is 1. The van der Waals surface area contributed by atoms with E-state index in [0.29, 0.717) is 68.8 Å². The second-order valence-corrected chi connectivity index (χ2v) is 15.0. The molecule has 0 saturated carbocycles. The van der Waals surface area contributed by atoms with Gasteiger partial charge in [-0.15, -0.1) is 10.2 Å². The maximum absolute atomic E-state index is 13.7. The zero-order valence-electron chi connectivity index (χ0n) is 23.7. The Balaban J connectivity index is 1.67. The summed E-state index contributed by atoms with van der Waals surface area (Å²) in [5.74, 6) is -0.887. The number of azo groups is 1. The minimum atomic E-state index is -2.22. The number of aliphatic carboxylic acids is 1. The molecule has 3 N–H and O–H groups in total. The molecule has 11 nitrogen and oxygen atoms in total. The predicted octanol–water partition coefficient (Wildman–Crippen LogP) is 4.64. The van der Waals surface area contributed by atoms with Crippen molar-refractivity contribution in [2.24, 2.45) is 10.2 Å².